The van der Waals surface area contributed by atoms with E-state index in [0.717, 1.165) is 0 Å². The maximum atomic E-state index is 12.2. The highest BCUT2D eigenvalue weighted by Crippen LogP contribution is 2.27. The van der Waals surface area contributed by atoms with Crippen molar-refractivity contribution in [2.45, 2.75) is 19.3 Å². The molecular weight excluding hydrogens is 248 g/mol. The maximum Gasteiger partial charge on any atom is 0.313 e. The Hall–Kier alpha value is -2.30. The van der Waals surface area contributed by atoms with E-state index < -0.39 is 11.9 Å². The Morgan fingerprint density at radius 3 is 2.16 bits per heavy atom. The van der Waals surface area contributed by atoms with Crippen molar-refractivity contribution >= 4 is 11.8 Å². The Labute approximate surface area is 110 Å². The van der Waals surface area contributed by atoms with Crippen molar-refractivity contribution in [3.05, 3.63) is 48.3 Å². The molecule has 0 saturated carbocycles. The Morgan fingerprint density at radius 2 is 1.74 bits per heavy atom. The van der Waals surface area contributed by atoms with E-state index >= 15 is 0 Å². The summed E-state index contributed by atoms with van der Waals surface area (Å²) in [5, 5.41) is 0. The lowest BCUT2D eigenvalue weighted by Crippen LogP contribution is -2.18. The molecule has 100 valence electrons. The van der Waals surface area contributed by atoms with Gasteiger partial charge in [-0.05, 0) is 31.2 Å². The fourth-order valence-electron chi connectivity index (χ4n) is 1.82. The third kappa shape index (κ3) is 3.13. The Kier molecular flexibility index (Phi) is 4.18. The van der Waals surface area contributed by atoms with Crippen LogP contribution >= 0.6 is 0 Å². The summed E-state index contributed by atoms with van der Waals surface area (Å²) >= 11 is 0. The van der Waals surface area contributed by atoms with Crippen LogP contribution in [0.1, 0.15) is 30.8 Å². The van der Waals surface area contributed by atoms with Gasteiger partial charge in [0.1, 0.15) is 23.9 Å². The first-order valence-corrected chi connectivity index (χ1v) is 5.97. The molecule has 0 amide bonds. The predicted octanol–water partition coefficient (Wildman–Crippen LogP) is 2.53. The number of Topliss-reactive ketones (excluding diaryl/α,β-unsaturated/α-hetero) is 1. The molecule has 0 N–H and O–H groups in total. The molecule has 0 aliphatic carbocycles. The number of furan rings is 2. The molecule has 0 radical (unpaired) electrons. The van der Waals surface area contributed by atoms with Crippen LogP contribution in [0.25, 0.3) is 0 Å². The van der Waals surface area contributed by atoms with Crippen molar-refractivity contribution in [1.29, 1.82) is 0 Å². The normalized spacial score (nSPS) is 10.6. The van der Waals surface area contributed by atoms with Gasteiger partial charge >= 0.3 is 5.97 Å². The van der Waals surface area contributed by atoms with Crippen LogP contribution in [-0.2, 0) is 14.3 Å². The van der Waals surface area contributed by atoms with E-state index in [1.165, 1.54) is 12.5 Å². The van der Waals surface area contributed by atoms with Gasteiger partial charge in [-0.2, -0.15) is 0 Å². The quantitative estimate of drug-likeness (QED) is 0.591. The maximum absolute atomic E-state index is 12.2. The van der Waals surface area contributed by atoms with E-state index in [0.29, 0.717) is 11.5 Å². The van der Waals surface area contributed by atoms with Gasteiger partial charge in [-0.3, -0.25) is 9.59 Å². The number of esters is 1. The minimum absolute atomic E-state index is 0.248. The Bertz CT molecular complexity index is 490. The SMILES string of the molecule is CCOC(=O)CC(=O)C(c1ccco1)c1ccco1. The zero-order valence-corrected chi connectivity index (χ0v) is 10.5. The molecule has 0 spiro atoms. The van der Waals surface area contributed by atoms with Crippen molar-refractivity contribution < 1.29 is 23.2 Å². The Morgan fingerprint density at radius 1 is 1.16 bits per heavy atom. The molecule has 5 heteroatoms. The third-order valence-corrected chi connectivity index (χ3v) is 2.60. The first-order valence-electron chi connectivity index (χ1n) is 5.97. The number of ketones is 1. The predicted molar refractivity (Wildman–Crippen MR) is 65.5 cm³/mol. The third-order valence-electron chi connectivity index (χ3n) is 2.60. The first-order chi connectivity index (χ1) is 9.22. The summed E-state index contributed by atoms with van der Waals surface area (Å²) in [4.78, 5) is 23.6. The molecule has 2 heterocycles. The van der Waals surface area contributed by atoms with Gasteiger partial charge in [0.15, 0.2) is 5.78 Å². The number of hydrogen-bond donors (Lipinski definition) is 0. The van der Waals surface area contributed by atoms with E-state index in [1.807, 2.05) is 0 Å². The standard InChI is InChI=1S/C14H14O5/c1-2-17-13(16)9-10(15)14(11-5-3-7-18-11)12-6-4-8-19-12/h3-8,14H,2,9H2,1H3. The van der Waals surface area contributed by atoms with E-state index in [-0.39, 0.29) is 18.8 Å². The van der Waals surface area contributed by atoms with Crippen LogP contribution in [0.15, 0.2) is 45.6 Å². The second-order valence-corrected chi connectivity index (χ2v) is 3.91. The van der Waals surface area contributed by atoms with Crippen molar-refractivity contribution in [2.24, 2.45) is 0 Å². The van der Waals surface area contributed by atoms with Crippen LogP contribution in [-0.4, -0.2) is 18.4 Å². The second kappa shape index (κ2) is 6.04. The summed E-state index contributed by atoms with van der Waals surface area (Å²) in [6.07, 6.45) is 2.64. The molecule has 0 bridgehead atoms. The molecule has 0 saturated heterocycles. The van der Waals surface area contributed by atoms with Crippen LogP contribution in [0.5, 0.6) is 0 Å². The summed E-state index contributed by atoms with van der Waals surface area (Å²) in [7, 11) is 0. The lowest BCUT2D eigenvalue weighted by atomic mass is 9.96. The average Bonchev–Trinajstić information content (AvgIpc) is 3.02. The number of carbonyl (C=O) groups is 2. The lowest BCUT2D eigenvalue weighted by molar-refractivity contribution is -0.145. The first kappa shape index (κ1) is 13.1. The summed E-state index contributed by atoms with van der Waals surface area (Å²) in [6.45, 7) is 1.94. The summed E-state index contributed by atoms with van der Waals surface area (Å²) in [5.74, 6) is -0.679. The van der Waals surface area contributed by atoms with Crippen LogP contribution in [0, 0.1) is 0 Å². The van der Waals surface area contributed by atoms with E-state index in [1.54, 1.807) is 31.2 Å². The minimum atomic E-state index is -0.714. The number of carbonyl (C=O) groups excluding carboxylic acids is 2. The summed E-state index contributed by atoms with van der Waals surface area (Å²) in [6, 6.07) is 6.72. The van der Waals surface area contributed by atoms with Gasteiger partial charge in [0.2, 0.25) is 0 Å². The average molecular weight is 262 g/mol. The van der Waals surface area contributed by atoms with Gasteiger partial charge in [0.25, 0.3) is 0 Å². The second-order valence-electron chi connectivity index (χ2n) is 3.91. The number of ether oxygens (including phenoxy) is 1. The summed E-state index contributed by atoms with van der Waals surface area (Å²) in [5.41, 5.74) is 0. The molecule has 0 aromatic carbocycles. The van der Waals surface area contributed by atoms with Crippen molar-refractivity contribution in [1.82, 2.24) is 0 Å². The van der Waals surface area contributed by atoms with Gasteiger partial charge in [0, 0.05) is 0 Å². The van der Waals surface area contributed by atoms with Crippen LogP contribution < -0.4 is 0 Å². The highest BCUT2D eigenvalue weighted by molar-refractivity contribution is 6.00. The van der Waals surface area contributed by atoms with E-state index in [9.17, 15) is 9.59 Å². The molecule has 0 atom stereocenters. The smallest absolute Gasteiger partial charge is 0.313 e. The van der Waals surface area contributed by atoms with Crippen molar-refractivity contribution in [3.63, 3.8) is 0 Å². The molecule has 0 fully saturated rings. The molecule has 2 aromatic heterocycles. The fourth-order valence-corrected chi connectivity index (χ4v) is 1.82. The van der Waals surface area contributed by atoms with Crippen LogP contribution in [0.3, 0.4) is 0 Å². The van der Waals surface area contributed by atoms with Crippen molar-refractivity contribution in [2.75, 3.05) is 6.61 Å². The van der Waals surface area contributed by atoms with Gasteiger partial charge in [0.05, 0.1) is 19.1 Å². The zero-order chi connectivity index (χ0) is 13.7. The molecule has 0 unspecified atom stereocenters. The van der Waals surface area contributed by atoms with E-state index in [4.69, 9.17) is 13.6 Å². The largest absolute Gasteiger partial charge is 0.468 e. The molecule has 2 rings (SSSR count). The van der Waals surface area contributed by atoms with Gasteiger partial charge < -0.3 is 13.6 Å². The molecule has 5 nitrogen and oxygen atoms in total. The van der Waals surface area contributed by atoms with E-state index in [2.05, 4.69) is 0 Å². The number of rotatable bonds is 6. The highest BCUT2D eigenvalue weighted by Gasteiger charge is 2.29. The topological polar surface area (TPSA) is 69.7 Å². The molecule has 0 aliphatic rings. The van der Waals surface area contributed by atoms with Gasteiger partial charge in [-0.15, -0.1) is 0 Å². The van der Waals surface area contributed by atoms with Crippen LogP contribution in [0.2, 0.25) is 0 Å². The van der Waals surface area contributed by atoms with Crippen molar-refractivity contribution in [3.8, 4) is 0 Å². The van der Waals surface area contributed by atoms with Crippen LogP contribution in [0.4, 0.5) is 0 Å². The molecular formula is C14H14O5. The highest BCUT2D eigenvalue weighted by atomic mass is 16.5. The molecule has 19 heavy (non-hydrogen) atoms. The van der Waals surface area contributed by atoms with Gasteiger partial charge in [-0.25, -0.2) is 0 Å². The molecule has 2 aromatic rings. The summed E-state index contributed by atoms with van der Waals surface area (Å²) < 4.78 is 15.3. The number of hydrogen-bond acceptors (Lipinski definition) is 5. The minimum Gasteiger partial charge on any atom is -0.468 e. The monoisotopic (exact) mass is 262 g/mol. The Balaban J connectivity index is 2.19. The molecule has 0 aliphatic heterocycles. The lowest BCUT2D eigenvalue weighted by Gasteiger charge is -2.10. The zero-order valence-electron chi connectivity index (χ0n) is 10.5. The fraction of sp³-hybridized carbons (Fsp3) is 0.286. The van der Waals surface area contributed by atoms with Gasteiger partial charge in [-0.1, -0.05) is 0 Å².